The first-order valence-corrected chi connectivity index (χ1v) is 9.52. The Hall–Kier alpha value is -1.22. The van der Waals surface area contributed by atoms with Crippen LogP contribution in [0, 0.1) is 0 Å². The highest BCUT2D eigenvalue weighted by molar-refractivity contribution is 6.42. The monoisotopic (exact) mass is 379 g/mol. The lowest BCUT2D eigenvalue weighted by Gasteiger charge is -2.22. The number of hydrogen-bond donors (Lipinski definition) is 2. The summed E-state index contributed by atoms with van der Waals surface area (Å²) in [6.45, 7) is 9.15. The SMILES string of the molecule is CCCCc1cc(CNC(C)(C)C)c(O)c(-c2ccc(Cl)c(Cl)c2)c1. The molecule has 2 aromatic rings. The second-order valence-corrected chi connectivity index (χ2v) is 8.30. The van der Waals surface area contributed by atoms with Crippen molar-refractivity contribution in [1.29, 1.82) is 0 Å². The molecule has 0 saturated heterocycles. The molecule has 0 aliphatic rings. The topological polar surface area (TPSA) is 32.3 Å². The fourth-order valence-electron chi connectivity index (χ4n) is 2.66. The number of phenolic OH excluding ortho intramolecular Hbond substituents is 1. The van der Waals surface area contributed by atoms with Gasteiger partial charge in [-0.25, -0.2) is 0 Å². The summed E-state index contributed by atoms with van der Waals surface area (Å²) < 4.78 is 0. The maximum absolute atomic E-state index is 10.8. The Morgan fingerprint density at radius 1 is 1.04 bits per heavy atom. The Kier molecular flexibility index (Phi) is 6.79. The molecule has 0 saturated carbocycles. The fraction of sp³-hybridized carbons (Fsp3) is 0.429. The van der Waals surface area contributed by atoms with Crippen LogP contribution >= 0.6 is 23.2 Å². The maximum atomic E-state index is 10.8. The van der Waals surface area contributed by atoms with E-state index in [9.17, 15) is 5.11 Å². The molecular weight excluding hydrogens is 353 g/mol. The van der Waals surface area contributed by atoms with Crippen molar-refractivity contribution in [2.45, 2.75) is 59.0 Å². The average molecular weight is 380 g/mol. The van der Waals surface area contributed by atoms with Crippen LogP contribution in [-0.2, 0) is 13.0 Å². The Labute approximate surface area is 161 Å². The van der Waals surface area contributed by atoms with Gasteiger partial charge >= 0.3 is 0 Å². The molecule has 25 heavy (non-hydrogen) atoms. The molecule has 2 nitrogen and oxygen atoms in total. The predicted octanol–water partition coefficient (Wildman–Crippen LogP) is 6.60. The number of benzene rings is 2. The molecule has 0 amide bonds. The molecule has 0 radical (unpaired) electrons. The molecular formula is C21H27Cl2NO. The minimum absolute atomic E-state index is 0.0182. The van der Waals surface area contributed by atoms with Gasteiger partial charge in [0.2, 0.25) is 0 Å². The first-order valence-electron chi connectivity index (χ1n) is 8.76. The van der Waals surface area contributed by atoms with E-state index in [1.165, 1.54) is 5.56 Å². The fourth-order valence-corrected chi connectivity index (χ4v) is 2.96. The summed E-state index contributed by atoms with van der Waals surface area (Å²) >= 11 is 12.2. The summed E-state index contributed by atoms with van der Waals surface area (Å²) in [5.41, 5.74) is 3.80. The standard InChI is InChI=1S/C21H27Cl2NO/c1-5-6-7-14-10-16(13-24-21(2,3)4)20(25)17(11-14)15-8-9-18(22)19(23)12-15/h8-12,24-25H,5-7,13H2,1-4H3. The molecule has 0 atom stereocenters. The van der Waals surface area contributed by atoms with Crippen molar-refractivity contribution in [3.63, 3.8) is 0 Å². The van der Waals surface area contributed by atoms with E-state index in [4.69, 9.17) is 23.2 Å². The summed E-state index contributed by atoms with van der Waals surface area (Å²) in [6.07, 6.45) is 3.25. The highest BCUT2D eigenvalue weighted by Crippen LogP contribution is 2.37. The average Bonchev–Trinajstić information content (AvgIpc) is 2.54. The number of rotatable bonds is 6. The Bertz CT molecular complexity index is 735. The van der Waals surface area contributed by atoms with Crippen molar-refractivity contribution in [3.8, 4) is 16.9 Å². The number of unbranched alkanes of at least 4 members (excludes halogenated alkanes) is 1. The third kappa shape index (κ3) is 5.64. The van der Waals surface area contributed by atoms with E-state index in [1.54, 1.807) is 6.07 Å². The Balaban J connectivity index is 2.47. The quantitative estimate of drug-likeness (QED) is 0.592. The van der Waals surface area contributed by atoms with E-state index in [0.29, 0.717) is 22.3 Å². The molecule has 2 aromatic carbocycles. The van der Waals surface area contributed by atoms with E-state index >= 15 is 0 Å². The van der Waals surface area contributed by atoms with Crippen LogP contribution in [0.3, 0.4) is 0 Å². The Morgan fingerprint density at radius 2 is 1.76 bits per heavy atom. The first kappa shape index (κ1) is 20.1. The van der Waals surface area contributed by atoms with E-state index in [1.807, 2.05) is 12.1 Å². The molecule has 0 unspecified atom stereocenters. The van der Waals surface area contributed by atoms with Gasteiger partial charge in [-0.2, -0.15) is 0 Å². The summed E-state index contributed by atoms with van der Waals surface area (Å²) in [5, 5.41) is 15.3. The van der Waals surface area contributed by atoms with Gasteiger partial charge in [0.25, 0.3) is 0 Å². The summed E-state index contributed by atoms with van der Waals surface area (Å²) in [5.74, 6) is 0.301. The van der Waals surface area contributed by atoms with Gasteiger partial charge in [0, 0.05) is 23.2 Å². The smallest absolute Gasteiger partial charge is 0.127 e. The van der Waals surface area contributed by atoms with Crippen LogP contribution in [0.4, 0.5) is 0 Å². The number of hydrogen-bond acceptors (Lipinski definition) is 2. The van der Waals surface area contributed by atoms with Crippen molar-refractivity contribution >= 4 is 23.2 Å². The zero-order valence-corrected chi connectivity index (χ0v) is 16.9. The number of phenols is 1. The minimum Gasteiger partial charge on any atom is -0.507 e. The molecule has 0 aliphatic heterocycles. The number of halogens is 2. The molecule has 0 aromatic heterocycles. The molecule has 0 bridgehead atoms. The lowest BCUT2D eigenvalue weighted by molar-refractivity contribution is 0.412. The van der Waals surface area contributed by atoms with E-state index in [0.717, 1.165) is 36.0 Å². The summed E-state index contributed by atoms with van der Waals surface area (Å²) in [6, 6.07) is 9.64. The predicted molar refractivity (Wildman–Crippen MR) is 109 cm³/mol. The molecule has 0 fully saturated rings. The molecule has 0 aliphatic carbocycles. The van der Waals surface area contributed by atoms with Gasteiger partial charge in [0.05, 0.1) is 10.0 Å². The maximum Gasteiger partial charge on any atom is 0.127 e. The van der Waals surface area contributed by atoms with Crippen molar-refractivity contribution in [2.75, 3.05) is 0 Å². The number of aryl methyl sites for hydroxylation is 1. The van der Waals surface area contributed by atoms with E-state index in [2.05, 4.69) is 45.1 Å². The van der Waals surface area contributed by atoms with Gasteiger partial charge in [0.1, 0.15) is 5.75 Å². The minimum atomic E-state index is -0.0182. The van der Waals surface area contributed by atoms with E-state index < -0.39 is 0 Å². The molecule has 2 rings (SSSR count). The van der Waals surface area contributed by atoms with Crippen LogP contribution in [0.15, 0.2) is 30.3 Å². The third-order valence-electron chi connectivity index (χ3n) is 4.11. The van der Waals surface area contributed by atoms with Gasteiger partial charge in [0.15, 0.2) is 0 Å². The summed E-state index contributed by atoms with van der Waals surface area (Å²) in [4.78, 5) is 0. The molecule has 136 valence electrons. The van der Waals surface area contributed by atoms with Gasteiger partial charge in [-0.05, 0) is 62.9 Å². The van der Waals surface area contributed by atoms with Crippen LogP contribution in [0.2, 0.25) is 10.0 Å². The zero-order chi connectivity index (χ0) is 18.6. The normalized spacial score (nSPS) is 11.8. The van der Waals surface area contributed by atoms with E-state index in [-0.39, 0.29) is 5.54 Å². The van der Waals surface area contributed by atoms with Crippen LogP contribution in [0.1, 0.15) is 51.7 Å². The number of aromatic hydroxyl groups is 1. The largest absolute Gasteiger partial charge is 0.507 e. The second-order valence-electron chi connectivity index (χ2n) is 7.49. The van der Waals surface area contributed by atoms with Crippen molar-refractivity contribution in [2.24, 2.45) is 0 Å². The van der Waals surface area contributed by atoms with Crippen LogP contribution < -0.4 is 5.32 Å². The number of nitrogens with one attached hydrogen (secondary N) is 1. The molecule has 0 heterocycles. The molecule has 2 N–H and O–H groups in total. The highest BCUT2D eigenvalue weighted by Gasteiger charge is 2.15. The highest BCUT2D eigenvalue weighted by atomic mass is 35.5. The van der Waals surface area contributed by atoms with Crippen molar-refractivity contribution in [1.82, 2.24) is 5.32 Å². The third-order valence-corrected chi connectivity index (χ3v) is 4.85. The van der Waals surface area contributed by atoms with Crippen LogP contribution in [0.5, 0.6) is 5.75 Å². The van der Waals surface area contributed by atoms with Crippen LogP contribution in [-0.4, -0.2) is 10.6 Å². The molecule has 4 heteroatoms. The lowest BCUT2D eigenvalue weighted by Crippen LogP contribution is -2.35. The van der Waals surface area contributed by atoms with Crippen molar-refractivity contribution < 1.29 is 5.11 Å². The van der Waals surface area contributed by atoms with Crippen molar-refractivity contribution in [3.05, 3.63) is 51.5 Å². The summed E-state index contributed by atoms with van der Waals surface area (Å²) in [7, 11) is 0. The van der Waals surface area contributed by atoms with Gasteiger partial charge in [-0.1, -0.05) is 48.7 Å². The Morgan fingerprint density at radius 3 is 2.36 bits per heavy atom. The molecule has 0 spiro atoms. The van der Waals surface area contributed by atoms with Gasteiger partial charge in [-0.15, -0.1) is 0 Å². The van der Waals surface area contributed by atoms with Gasteiger partial charge < -0.3 is 10.4 Å². The lowest BCUT2D eigenvalue weighted by atomic mass is 9.95. The van der Waals surface area contributed by atoms with Gasteiger partial charge in [-0.3, -0.25) is 0 Å². The zero-order valence-electron chi connectivity index (χ0n) is 15.4. The van der Waals surface area contributed by atoms with Crippen LogP contribution in [0.25, 0.3) is 11.1 Å². The second kappa shape index (κ2) is 8.44. The first-order chi connectivity index (χ1) is 11.7.